The van der Waals surface area contributed by atoms with E-state index in [4.69, 9.17) is 26.8 Å². The van der Waals surface area contributed by atoms with Crippen molar-refractivity contribution in [3.8, 4) is 11.4 Å². The van der Waals surface area contributed by atoms with Crippen LogP contribution >= 0.6 is 11.6 Å². The average molecular weight is 604 g/mol. The Labute approximate surface area is 246 Å². The van der Waals surface area contributed by atoms with Gasteiger partial charge in [-0.25, -0.2) is 8.42 Å². The van der Waals surface area contributed by atoms with Gasteiger partial charge in [0.1, 0.15) is 5.69 Å². The first-order valence-electron chi connectivity index (χ1n) is 13.6. The van der Waals surface area contributed by atoms with Crippen LogP contribution in [0.25, 0.3) is 5.69 Å². The molecule has 4 rings (SSSR count). The van der Waals surface area contributed by atoms with E-state index in [9.17, 15) is 13.2 Å². The third-order valence-corrected chi connectivity index (χ3v) is 9.01. The summed E-state index contributed by atoms with van der Waals surface area (Å²) < 4.78 is 41.0. The number of anilines is 2. The molecule has 1 fully saturated rings. The molecule has 41 heavy (non-hydrogen) atoms. The smallest absolute Gasteiger partial charge is 0.316 e. The Morgan fingerprint density at radius 3 is 2.46 bits per heavy atom. The van der Waals surface area contributed by atoms with Crippen molar-refractivity contribution in [2.75, 3.05) is 56.6 Å². The summed E-state index contributed by atoms with van der Waals surface area (Å²) in [7, 11) is -3.55. The lowest BCUT2D eigenvalue weighted by Gasteiger charge is -2.36. The first kappa shape index (κ1) is 30.8. The van der Waals surface area contributed by atoms with Gasteiger partial charge in [0, 0.05) is 48.9 Å². The lowest BCUT2D eigenvalue weighted by atomic mass is 9.96. The Morgan fingerprint density at radius 1 is 1.07 bits per heavy atom. The average Bonchev–Trinajstić information content (AvgIpc) is 2.93. The molecule has 2 heterocycles. The summed E-state index contributed by atoms with van der Waals surface area (Å²) >= 11 is 6.17. The monoisotopic (exact) mass is 603 g/mol. The van der Waals surface area contributed by atoms with E-state index < -0.39 is 15.6 Å². The highest BCUT2D eigenvalue weighted by atomic mass is 35.5. The highest BCUT2D eigenvalue weighted by Gasteiger charge is 2.30. The zero-order valence-electron chi connectivity index (χ0n) is 24.0. The topological polar surface area (TPSA) is 120 Å². The van der Waals surface area contributed by atoms with Gasteiger partial charge in [0.15, 0.2) is 0 Å². The molecule has 0 unspecified atom stereocenters. The third-order valence-electron chi connectivity index (χ3n) is 6.93. The number of nitrogens with two attached hydrogens (primary N) is 1. The molecule has 1 aliphatic heterocycles. The number of aryl methyl sites for hydroxylation is 1. The lowest BCUT2D eigenvalue weighted by Crippen LogP contribution is -2.49. The van der Waals surface area contributed by atoms with E-state index in [2.05, 4.69) is 5.10 Å². The Kier molecular flexibility index (Phi) is 9.63. The molecule has 0 bridgehead atoms. The summed E-state index contributed by atoms with van der Waals surface area (Å²) in [5, 5.41) is 4.89. The van der Waals surface area contributed by atoms with Gasteiger partial charge in [-0.05, 0) is 49.2 Å². The van der Waals surface area contributed by atoms with Crippen molar-refractivity contribution in [3.05, 3.63) is 75.2 Å². The summed E-state index contributed by atoms with van der Waals surface area (Å²) in [6.45, 7) is 10.4. The number of nitrogens with zero attached hydrogens (tertiary/aromatic N) is 4. The molecule has 0 aliphatic carbocycles. The fourth-order valence-corrected chi connectivity index (χ4v) is 6.29. The Morgan fingerprint density at radius 2 is 1.80 bits per heavy atom. The van der Waals surface area contributed by atoms with E-state index >= 15 is 0 Å². The zero-order chi connectivity index (χ0) is 29.8. The van der Waals surface area contributed by atoms with Crippen LogP contribution in [0, 0.1) is 12.3 Å². The standard InChI is InChI=1S/C29H38ClN5O5S/c1-5-39-19-29(3,4)20-40-27-26(17-32-35(28(27)36)24-8-6-7-23(30)16-24)33-11-13-34(14-12-33)41(37,38)18-22-9-10-25(31)21(2)15-22/h6-10,15-17H,5,11-14,18-20,31H2,1-4H3. The van der Waals surface area contributed by atoms with E-state index in [0.29, 0.717) is 54.0 Å². The number of rotatable bonds is 11. The molecule has 2 N–H and O–H groups in total. The second kappa shape index (κ2) is 12.8. The number of benzene rings is 2. The molecular weight excluding hydrogens is 566 g/mol. The highest BCUT2D eigenvalue weighted by molar-refractivity contribution is 7.88. The minimum absolute atomic E-state index is 0.103. The van der Waals surface area contributed by atoms with Crippen molar-refractivity contribution >= 4 is 33.0 Å². The fourth-order valence-electron chi connectivity index (χ4n) is 4.61. The Balaban J connectivity index is 1.57. The summed E-state index contributed by atoms with van der Waals surface area (Å²) in [6, 6.07) is 12.2. The highest BCUT2D eigenvalue weighted by Crippen LogP contribution is 2.29. The summed E-state index contributed by atoms with van der Waals surface area (Å²) in [6.07, 6.45) is 1.59. The third kappa shape index (κ3) is 7.59. The largest absolute Gasteiger partial charge is 0.486 e. The number of halogens is 1. The maximum absolute atomic E-state index is 13.7. The molecule has 3 aromatic rings. The first-order valence-corrected chi connectivity index (χ1v) is 15.6. The number of hydrogen-bond donors (Lipinski definition) is 1. The number of piperazine rings is 1. The molecule has 1 aliphatic rings. The Bertz CT molecular complexity index is 1530. The fraction of sp³-hybridized carbons (Fsp3) is 0.448. The van der Waals surface area contributed by atoms with Crippen LogP contribution in [0.15, 0.2) is 53.5 Å². The summed E-state index contributed by atoms with van der Waals surface area (Å²) in [4.78, 5) is 15.7. The van der Waals surface area contributed by atoms with E-state index in [1.54, 1.807) is 48.7 Å². The number of sulfonamides is 1. The van der Waals surface area contributed by atoms with Crippen molar-refractivity contribution in [2.45, 2.75) is 33.4 Å². The summed E-state index contributed by atoms with van der Waals surface area (Å²) in [5.41, 5.74) is 8.32. The molecule has 0 atom stereocenters. The SMILES string of the molecule is CCOCC(C)(C)COc1c(N2CCN(S(=O)(=O)Cc3ccc(N)c(C)c3)CC2)cnn(-c2cccc(Cl)c2)c1=O. The van der Waals surface area contributed by atoms with Gasteiger partial charge < -0.3 is 20.1 Å². The Hall–Kier alpha value is -3.12. The second-order valence-corrected chi connectivity index (χ2v) is 13.4. The quantitative estimate of drug-likeness (QED) is 0.328. The molecule has 1 aromatic heterocycles. The van der Waals surface area contributed by atoms with Gasteiger partial charge in [0.25, 0.3) is 0 Å². The first-order chi connectivity index (χ1) is 19.4. The molecule has 0 spiro atoms. The predicted molar refractivity (Wildman–Crippen MR) is 163 cm³/mol. The van der Waals surface area contributed by atoms with Gasteiger partial charge in [-0.15, -0.1) is 0 Å². The zero-order valence-corrected chi connectivity index (χ0v) is 25.5. The predicted octanol–water partition coefficient (Wildman–Crippen LogP) is 3.87. The summed E-state index contributed by atoms with van der Waals surface area (Å²) in [5.74, 6) is 0.0486. The number of ether oxygens (including phenoxy) is 2. The molecule has 2 aromatic carbocycles. The second-order valence-electron chi connectivity index (χ2n) is 11.0. The van der Waals surface area contributed by atoms with Crippen molar-refractivity contribution in [2.24, 2.45) is 5.41 Å². The van der Waals surface area contributed by atoms with E-state index in [0.717, 1.165) is 5.56 Å². The van der Waals surface area contributed by atoms with Crippen LogP contribution in [0.5, 0.6) is 5.75 Å². The molecule has 0 saturated carbocycles. The van der Waals surface area contributed by atoms with E-state index in [1.807, 2.05) is 32.6 Å². The van der Waals surface area contributed by atoms with Crippen molar-refractivity contribution in [1.29, 1.82) is 0 Å². The molecule has 10 nitrogen and oxygen atoms in total. The van der Waals surface area contributed by atoms with Crippen LogP contribution in [0.1, 0.15) is 31.9 Å². The van der Waals surface area contributed by atoms with Crippen molar-refractivity contribution in [3.63, 3.8) is 0 Å². The number of hydrogen-bond acceptors (Lipinski definition) is 8. The van der Waals surface area contributed by atoms with Crippen LogP contribution in [0.4, 0.5) is 11.4 Å². The van der Waals surface area contributed by atoms with Crippen LogP contribution in [0.2, 0.25) is 5.02 Å². The lowest BCUT2D eigenvalue weighted by molar-refractivity contribution is 0.0405. The van der Waals surface area contributed by atoms with Gasteiger partial charge in [-0.3, -0.25) is 4.79 Å². The molecule has 0 radical (unpaired) electrons. The maximum atomic E-state index is 13.7. The van der Waals surface area contributed by atoms with E-state index in [1.165, 1.54) is 8.99 Å². The van der Waals surface area contributed by atoms with Crippen LogP contribution in [-0.2, 0) is 20.5 Å². The number of aromatic nitrogens is 2. The van der Waals surface area contributed by atoms with Gasteiger partial charge in [-0.1, -0.05) is 43.6 Å². The van der Waals surface area contributed by atoms with Crippen molar-refractivity contribution < 1.29 is 17.9 Å². The minimum Gasteiger partial charge on any atom is -0.486 e. The molecule has 1 saturated heterocycles. The molecular formula is C29H38ClN5O5S. The van der Waals surface area contributed by atoms with Gasteiger partial charge in [-0.2, -0.15) is 14.1 Å². The van der Waals surface area contributed by atoms with Gasteiger partial charge in [0.2, 0.25) is 15.8 Å². The normalized spacial score (nSPS) is 14.8. The molecule has 12 heteroatoms. The number of nitrogen functional groups attached to an aromatic ring is 1. The van der Waals surface area contributed by atoms with Gasteiger partial charge >= 0.3 is 5.56 Å². The maximum Gasteiger partial charge on any atom is 0.316 e. The van der Waals surface area contributed by atoms with Crippen LogP contribution in [0.3, 0.4) is 0 Å². The minimum atomic E-state index is -3.55. The molecule has 0 amide bonds. The van der Waals surface area contributed by atoms with E-state index in [-0.39, 0.29) is 36.6 Å². The van der Waals surface area contributed by atoms with Crippen molar-refractivity contribution in [1.82, 2.24) is 14.1 Å². The molecule has 222 valence electrons. The van der Waals surface area contributed by atoms with Crippen LogP contribution in [-0.4, -0.2) is 68.5 Å². The van der Waals surface area contributed by atoms with Crippen LogP contribution < -0.4 is 20.9 Å². The van der Waals surface area contributed by atoms with Gasteiger partial charge in [0.05, 0.1) is 30.9 Å².